The van der Waals surface area contributed by atoms with E-state index in [-0.39, 0.29) is 13.4 Å². The van der Waals surface area contributed by atoms with Gasteiger partial charge >= 0.3 is 0 Å². The highest BCUT2D eigenvalue weighted by molar-refractivity contribution is 5.47. The molecule has 4 rings (SSSR count). The molecule has 0 fully saturated rings. The third-order valence-electron chi connectivity index (χ3n) is 5.61. The number of para-hydroxylation sites is 1. The number of methoxy groups -OCH3 is 2. The van der Waals surface area contributed by atoms with Gasteiger partial charge in [0.1, 0.15) is 0 Å². The van der Waals surface area contributed by atoms with Crippen LogP contribution in [0.2, 0.25) is 0 Å². The second-order valence-corrected chi connectivity index (χ2v) is 8.16. The Balaban J connectivity index is 1.45. The summed E-state index contributed by atoms with van der Waals surface area (Å²) < 4.78 is 27.8. The Labute approximate surface area is 200 Å². The maximum atomic E-state index is 10.8. The summed E-state index contributed by atoms with van der Waals surface area (Å²) >= 11 is 0. The Kier molecular flexibility index (Phi) is 8.25. The van der Waals surface area contributed by atoms with E-state index in [2.05, 4.69) is 4.90 Å². The Hall–Kier alpha value is -3.26. The van der Waals surface area contributed by atoms with Gasteiger partial charge in [-0.3, -0.25) is 4.90 Å². The molecular formula is C27H31NO6. The first-order valence-electron chi connectivity index (χ1n) is 11.3. The molecule has 3 aromatic rings. The van der Waals surface area contributed by atoms with Gasteiger partial charge in [-0.2, -0.15) is 0 Å². The number of aliphatic hydroxyl groups excluding tert-OH is 1. The van der Waals surface area contributed by atoms with E-state index in [0.29, 0.717) is 37.7 Å². The van der Waals surface area contributed by atoms with E-state index >= 15 is 0 Å². The summed E-state index contributed by atoms with van der Waals surface area (Å²) in [6, 6.07) is 21.7. The first-order valence-corrected chi connectivity index (χ1v) is 11.3. The highest BCUT2D eigenvalue weighted by atomic mass is 16.7. The smallest absolute Gasteiger partial charge is 0.231 e. The maximum absolute atomic E-state index is 10.8. The van der Waals surface area contributed by atoms with E-state index in [1.54, 1.807) is 14.2 Å². The van der Waals surface area contributed by atoms with E-state index in [1.807, 2.05) is 66.7 Å². The van der Waals surface area contributed by atoms with Crippen LogP contribution in [0.3, 0.4) is 0 Å². The molecule has 0 saturated heterocycles. The summed E-state index contributed by atoms with van der Waals surface area (Å²) in [7, 11) is 3.26. The Morgan fingerprint density at radius 3 is 2.50 bits per heavy atom. The van der Waals surface area contributed by atoms with Gasteiger partial charge < -0.3 is 28.8 Å². The molecule has 1 aliphatic rings. The zero-order chi connectivity index (χ0) is 23.8. The van der Waals surface area contributed by atoms with Gasteiger partial charge in [0.2, 0.25) is 6.79 Å². The van der Waals surface area contributed by atoms with Crippen molar-refractivity contribution in [2.75, 3.05) is 34.2 Å². The van der Waals surface area contributed by atoms with Crippen LogP contribution in [0.15, 0.2) is 66.7 Å². The van der Waals surface area contributed by atoms with Gasteiger partial charge in [0.25, 0.3) is 0 Å². The second kappa shape index (κ2) is 11.7. The van der Waals surface area contributed by atoms with Crippen molar-refractivity contribution in [3.8, 4) is 23.0 Å². The monoisotopic (exact) mass is 465 g/mol. The average molecular weight is 466 g/mol. The normalized spacial score (nSPS) is 13.2. The predicted molar refractivity (Wildman–Crippen MR) is 128 cm³/mol. The van der Waals surface area contributed by atoms with Crippen molar-refractivity contribution in [2.45, 2.75) is 25.8 Å². The molecule has 7 nitrogen and oxygen atoms in total. The highest BCUT2D eigenvalue weighted by Crippen LogP contribution is 2.34. The molecule has 0 spiro atoms. The minimum atomic E-state index is -0.658. The molecule has 1 unspecified atom stereocenters. The molecular weight excluding hydrogens is 434 g/mol. The van der Waals surface area contributed by atoms with Gasteiger partial charge in [-0.05, 0) is 29.3 Å². The first kappa shape index (κ1) is 23.9. The molecule has 1 N–H and O–H groups in total. The van der Waals surface area contributed by atoms with Crippen LogP contribution in [0.5, 0.6) is 23.0 Å². The third-order valence-corrected chi connectivity index (χ3v) is 5.61. The van der Waals surface area contributed by atoms with Crippen molar-refractivity contribution < 1.29 is 28.8 Å². The van der Waals surface area contributed by atoms with Gasteiger partial charge in [0.15, 0.2) is 23.0 Å². The summed E-state index contributed by atoms with van der Waals surface area (Å²) in [5.41, 5.74) is 3.11. The number of aliphatic hydroxyl groups is 1. The van der Waals surface area contributed by atoms with Crippen LogP contribution < -0.4 is 18.9 Å². The molecule has 1 aliphatic heterocycles. The summed E-state index contributed by atoms with van der Waals surface area (Å²) in [6.45, 7) is 2.52. The lowest BCUT2D eigenvalue weighted by molar-refractivity contribution is 0.00701. The fourth-order valence-corrected chi connectivity index (χ4v) is 4.04. The molecule has 1 heterocycles. The van der Waals surface area contributed by atoms with Gasteiger partial charge in [0.05, 0.1) is 33.5 Å². The summed E-state index contributed by atoms with van der Waals surface area (Å²) in [4.78, 5) is 2.16. The largest absolute Gasteiger partial charge is 0.493 e. The molecule has 0 bridgehead atoms. The number of ether oxygens (including phenoxy) is 5. The molecule has 34 heavy (non-hydrogen) atoms. The van der Waals surface area contributed by atoms with Gasteiger partial charge in [0, 0.05) is 25.2 Å². The zero-order valence-corrected chi connectivity index (χ0v) is 19.6. The van der Waals surface area contributed by atoms with Crippen LogP contribution in [0.4, 0.5) is 0 Å². The van der Waals surface area contributed by atoms with E-state index in [4.69, 9.17) is 23.7 Å². The van der Waals surface area contributed by atoms with Crippen LogP contribution in [0.25, 0.3) is 0 Å². The Morgan fingerprint density at radius 1 is 0.882 bits per heavy atom. The quantitative estimate of drug-likeness (QED) is 0.433. The third kappa shape index (κ3) is 6.20. The van der Waals surface area contributed by atoms with Crippen LogP contribution in [-0.2, 0) is 24.4 Å². The number of rotatable bonds is 12. The van der Waals surface area contributed by atoms with Gasteiger partial charge in [-0.25, -0.2) is 0 Å². The Bertz CT molecular complexity index is 1060. The number of nitrogens with zero attached hydrogens (tertiary/aromatic N) is 1. The number of hydrogen-bond donors (Lipinski definition) is 1. The fraction of sp³-hybridized carbons (Fsp3) is 0.333. The number of fused-ring (bicyclic) bond motifs is 1. The van der Waals surface area contributed by atoms with Crippen molar-refractivity contribution in [2.24, 2.45) is 0 Å². The number of hydrogen-bond acceptors (Lipinski definition) is 7. The molecule has 1 atom stereocenters. The molecule has 0 amide bonds. The summed E-state index contributed by atoms with van der Waals surface area (Å²) in [5, 5.41) is 10.8. The maximum Gasteiger partial charge on any atom is 0.231 e. The number of benzene rings is 3. The molecule has 0 aliphatic carbocycles. The minimum absolute atomic E-state index is 0.237. The van der Waals surface area contributed by atoms with Crippen LogP contribution in [-0.4, -0.2) is 50.3 Å². The van der Waals surface area contributed by atoms with E-state index in [1.165, 1.54) is 0 Å². The Morgan fingerprint density at radius 2 is 1.71 bits per heavy atom. The van der Waals surface area contributed by atoms with Gasteiger partial charge in [-0.15, -0.1) is 0 Å². The van der Waals surface area contributed by atoms with Crippen molar-refractivity contribution in [1.82, 2.24) is 4.90 Å². The fourth-order valence-electron chi connectivity index (χ4n) is 4.04. The molecule has 0 radical (unpaired) electrons. The van der Waals surface area contributed by atoms with Crippen molar-refractivity contribution in [3.63, 3.8) is 0 Å². The van der Waals surface area contributed by atoms with E-state index in [0.717, 1.165) is 28.2 Å². The first-order chi connectivity index (χ1) is 16.7. The van der Waals surface area contributed by atoms with Crippen molar-refractivity contribution in [1.29, 1.82) is 0 Å². The standard InChI is InChI=1S/C27H31NO6/c1-30-25-10-6-9-22(27(25)31-2)15-28(14-21-11-12-24-26(13-21)34-19-33-24)16-23(29)18-32-17-20-7-4-3-5-8-20/h3-13,23,29H,14-19H2,1-2H3. The second-order valence-electron chi connectivity index (χ2n) is 8.16. The highest BCUT2D eigenvalue weighted by Gasteiger charge is 2.19. The SMILES string of the molecule is COc1cccc(CN(Cc2ccc3c(c2)OCO3)CC(O)COCc2ccccc2)c1OC. The van der Waals surface area contributed by atoms with Crippen molar-refractivity contribution in [3.05, 3.63) is 83.4 Å². The lowest BCUT2D eigenvalue weighted by Crippen LogP contribution is -2.34. The van der Waals surface area contributed by atoms with E-state index in [9.17, 15) is 5.11 Å². The van der Waals surface area contributed by atoms with Crippen LogP contribution >= 0.6 is 0 Å². The molecule has 0 saturated carbocycles. The minimum Gasteiger partial charge on any atom is -0.493 e. The molecule has 0 aromatic heterocycles. The van der Waals surface area contributed by atoms with Crippen molar-refractivity contribution >= 4 is 0 Å². The topological polar surface area (TPSA) is 69.6 Å². The lowest BCUT2D eigenvalue weighted by atomic mass is 10.1. The van der Waals surface area contributed by atoms with Gasteiger partial charge in [-0.1, -0.05) is 48.5 Å². The molecule has 180 valence electrons. The molecule has 3 aromatic carbocycles. The van der Waals surface area contributed by atoms with E-state index < -0.39 is 6.10 Å². The van der Waals surface area contributed by atoms with Crippen LogP contribution in [0, 0.1) is 0 Å². The predicted octanol–water partition coefficient (Wildman–Crippen LogP) is 4.01. The zero-order valence-electron chi connectivity index (χ0n) is 19.6. The average Bonchev–Trinajstić information content (AvgIpc) is 3.32. The molecule has 7 heteroatoms. The summed E-state index contributed by atoms with van der Waals surface area (Å²) in [5.74, 6) is 2.85. The van der Waals surface area contributed by atoms with Crippen LogP contribution in [0.1, 0.15) is 16.7 Å². The lowest BCUT2D eigenvalue weighted by Gasteiger charge is -2.26. The summed E-state index contributed by atoms with van der Waals surface area (Å²) in [6.07, 6.45) is -0.658.